The lowest BCUT2D eigenvalue weighted by Gasteiger charge is -2.28. The number of nitrogens with two attached hydrogens (primary N) is 1. The predicted molar refractivity (Wildman–Crippen MR) is 67.9 cm³/mol. The van der Waals surface area contributed by atoms with E-state index in [4.69, 9.17) is 5.73 Å². The number of aliphatic hydroxyl groups is 1. The van der Waals surface area contributed by atoms with Crippen molar-refractivity contribution in [2.45, 2.75) is 31.2 Å². The fourth-order valence-corrected chi connectivity index (χ4v) is 2.30. The fourth-order valence-electron chi connectivity index (χ4n) is 2.30. The van der Waals surface area contributed by atoms with Crippen molar-refractivity contribution in [2.24, 2.45) is 0 Å². The number of nitrogens with one attached hydrogen (secondary N) is 2. The third-order valence-electron chi connectivity index (χ3n) is 3.26. The van der Waals surface area contributed by atoms with Crippen LogP contribution in [0.3, 0.4) is 0 Å². The second-order valence-electron chi connectivity index (χ2n) is 4.52. The van der Waals surface area contributed by atoms with Crippen molar-refractivity contribution < 1.29 is 5.11 Å². The number of aromatic nitrogens is 2. The van der Waals surface area contributed by atoms with Gasteiger partial charge < -0.3 is 21.5 Å². The van der Waals surface area contributed by atoms with E-state index < -0.39 is 0 Å². The Kier molecular flexibility index (Phi) is 3.33. The lowest BCUT2D eigenvalue weighted by atomic mass is 9.99. The molecule has 1 aromatic rings. The Balaban J connectivity index is 2.19. The molecular formula is C11H19N5O. The van der Waals surface area contributed by atoms with Crippen LogP contribution in [0.1, 0.15) is 25.7 Å². The van der Waals surface area contributed by atoms with Crippen LogP contribution in [-0.4, -0.2) is 34.3 Å². The third kappa shape index (κ3) is 2.58. The maximum absolute atomic E-state index is 9.52. The fraction of sp³-hybridized carbons (Fsp3) is 0.636. The van der Waals surface area contributed by atoms with Crippen molar-refractivity contribution in [2.75, 3.05) is 30.0 Å². The van der Waals surface area contributed by atoms with E-state index in [0.29, 0.717) is 11.6 Å². The van der Waals surface area contributed by atoms with Crippen LogP contribution in [0.2, 0.25) is 0 Å². The van der Waals surface area contributed by atoms with Crippen molar-refractivity contribution >= 4 is 17.6 Å². The molecule has 94 valence electrons. The van der Waals surface area contributed by atoms with Gasteiger partial charge in [0.1, 0.15) is 11.6 Å². The van der Waals surface area contributed by atoms with E-state index in [9.17, 15) is 5.11 Å². The average Bonchev–Trinajstić information content (AvgIpc) is 2.77. The van der Waals surface area contributed by atoms with Gasteiger partial charge in [-0.05, 0) is 12.8 Å². The second kappa shape index (κ2) is 4.75. The average molecular weight is 237 g/mol. The number of hydrogen-bond donors (Lipinski definition) is 4. The Morgan fingerprint density at radius 2 is 2.00 bits per heavy atom. The van der Waals surface area contributed by atoms with Gasteiger partial charge in [0.15, 0.2) is 0 Å². The largest absolute Gasteiger partial charge is 0.394 e. The molecule has 6 nitrogen and oxygen atoms in total. The lowest BCUT2D eigenvalue weighted by molar-refractivity contribution is 0.214. The highest BCUT2D eigenvalue weighted by Gasteiger charge is 2.33. The summed E-state index contributed by atoms with van der Waals surface area (Å²) in [5, 5.41) is 15.7. The molecular weight excluding hydrogens is 218 g/mol. The molecule has 17 heavy (non-hydrogen) atoms. The number of hydrogen-bond acceptors (Lipinski definition) is 6. The van der Waals surface area contributed by atoms with Crippen molar-refractivity contribution in [3.05, 3.63) is 6.07 Å². The second-order valence-corrected chi connectivity index (χ2v) is 4.52. The van der Waals surface area contributed by atoms with E-state index in [1.807, 2.05) is 0 Å². The Bertz CT molecular complexity index is 389. The smallest absolute Gasteiger partial charge is 0.223 e. The molecule has 0 amide bonds. The molecule has 2 rings (SSSR count). The molecule has 1 saturated carbocycles. The third-order valence-corrected chi connectivity index (χ3v) is 3.26. The molecule has 5 N–H and O–H groups in total. The number of anilines is 3. The molecule has 0 atom stereocenters. The van der Waals surface area contributed by atoms with Crippen LogP contribution in [0.25, 0.3) is 0 Å². The molecule has 0 saturated heterocycles. The molecule has 1 aliphatic rings. The molecule has 1 aliphatic carbocycles. The van der Waals surface area contributed by atoms with E-state index >= 15 is 0 Å². The van der Waals surface area contributed by atoms with Crippen molar-refractivity contribution in [1.82, 2.24) is 9.97 Å². The van der Waals surface area contributed by atoms with Gasteiger partial charge in [-0.2, -0.15) is 9.97 Å². The van der Waals surface area contributed by atoms with Gasteiger partial charge in [0, 0.05) is 13.1 Å². The standard InChI is InChI=1S/C11H19N5O/c1-13-8-6-9(15-10(12)14-8)16-11(7-17)4-2-3-5-11/h6,17H,2-5,7H2,1H3,(H4,12,13,14,15,16). The molecule has 0 unspecified atom stereocenters. The van der Waals surface area contributed by atoms with E-state index in [-0.39, 0.29) is 18.1 Å². The van der Waals surface area contributed by atoms with Gasteiger partial charge >= 0.3 is 0 Å². The molecule has 0 aromatic carbocycles. The quantitative estimate of drug-likeness (QED) is 0.619. The van der Waals surface area contributed by atoms with Gasteiger partial charge in [0.2, 0.25) is 5.95 Å². The SMILES string of the molecule is CNc1cc(NC2(CO)CCCC2)nc(N)n1. The van der Waals surface area contributed by atoms with E-state index in [1.165, 1.54) is 0 Å². The molecule has 6 heteroatoms. The number of nitrogen functional groups attached to an aromatic ring is 1. The first-order chi connectivity index (χ1) is 8.17. The highest BCUT2D eigenvalue weighted by atomic mass is 16.3. The summed E-state index contributed by atoms with van der Waals surface area (Å²) in [7, 11) is 1.78. The first kappa shape index (κ1) is 11.9. The zero-order valence-corrected chi connectivity index (χ0v) is 10.0. The summed E-state index contributed by atoms with van der Waals surface area (Å²) in [6, 6.07) is 1.80. The van der Waals surface area contributed by atoms with Gasteiger partial charge in [-0.25, -0.2) is 0 Å². The van der Waals surface area contributed by atoms with Gasteiger partial charge in [-0.3, -0.25) is 0 Å². The maximum Gasteiger partial charge on any atom is 0.223 e. The first-order valence-electron chi connectivity index (χ1n) is 5.89. The lowest BCUT2D eigenvalue weighted by Crippen LogP contribution is -2.39. The van der Waals surface area contributed by atoms with E-state index in [2.05, 4.69) is 20.6 Å². The highest BCUT2D eigenvalue weighted by Crippen LogP contribution is 2.32. The Morgan fingerprint density at radius 3 is 2.59 bits per heavy atom. The Morgan fingerprint density at radius 1 is 1.35 bits per heavy atom. The van der Waals surface area contributed by atoms with Crippen LogP contribution in [0.15, 0.2) is 6.07 Å². The summed E-state index contributed by atoms with van der Waals surface area (Å²) < 4.78 is 0. The molecule has 0 spiro atoms. The zero-order valence-electron chi connectivity index (χ0n) is 10.0. The molecule has 1 fully saturated rings. The highest BCUT2D eigenvalue weighted by molar-refractivity contribution is 5.52. The summed E-state index contributed by atoms with van der Waals surface area (Å²) in [6.45, 7) is 0.117. The first-order valence-corrected chi connectivity index (χ1v) is 5.89. The topological polar surface area (TPSA) is 96.1 Å². The summed E-state index contributed by atoms with van der Waals surface area (Å²) in [5.41, 5.74) is 5.38. The minimum Gasteiger partial charge on any atom is -0.394 e. The molecule has 1 heterocycles. The monoisotopic (exact) mass is 237 g/mol. The van der Waals surface area contributed by atoms with Crippen LogP contribution >= 0.6 is 0 Å². The summed E-state index contributed by atoms with van der Waals surface area (Å²) in [6.07, 6.45) is 4.19. The normalized spacial score (nSPS) is 18.0. The molecule has 0 radical (unpaired) electrons. The Labute approximate surface area is 101 Å². The van der Waals surface area contributed by atoms with Crippen LogP contribution in [-0.2, 0) is 0 Å². The summed E-state index contributed by atoms with van der Waals surface area (Å²) in [4.78, 5) is 8.17. The predicted octanol–water partition coefficient (Wildman–Crippen LogP) is 0.817. The van der Waals surface area contributed by atoms with Crippen LogP contribution in [0.4, 0.5) is 17.6 Å². The van der Waals surface area contributed by atoms with Gasteiger partial charge in [0.25, 0.3) is 0 Å². The van der Waals surface area contributed by atoms with Gasteiger partial charge in [-0.15, -0.1) is 0 Å². The minimum atomic E-state index is -0.244. The van der Waals surface area contributed by atoms with Crippen molar-refractivity contribution in [3.63, 3.8) is 0 Å². The van der Waals surface area contributed by atoms with Crippen LogP contribution < -0.4 is 16.4 Å². The number of nitrogens with zero attached hydrogens (tertiary/aromatic N) is 2. The molecule has 1 aromatic heterocycles. The summed E-state index contributed by atoms with van der Waals surface area (Å²) in [5.74, 6) is 1.56. The van der Waals surface area contributed by atoms with Crippen LogP contribution in [0.5, 0.6) is 0 Å². The van der Waals surface area contributed by atoms with E-state index in [1.54, 1.807) is 13.1 Å². The number of rotatable bonds is 4. The van der Waals surface area contributed by atoms with Crippen LogP contribution in [0, 0.1) is 0 Å². The molecule has 0 bridgehead atoms. The van der Waals surface area contributed by atoms with E-state index in [0.717, 1.165) is 25.7 Å². The van der Waals surface area contributed by atoms with Crippen molar-refractivity contribution in [3.8, 4) is 0 Å². The maximum atomic E-state index is 9.52. The zero-order chi connectivity index (χ0) is 12.3. The minimum absolute atomic E-state index is 0.117. The Hall–Kier alpha value is -1.56. The van der Waals surface area contributed by atoms with Crippen molar-refractivity contribution in [1.29, 1.82) is 0 Å². The summed E-state index contributed by atoms with van der Waals surface area (Å²) >= 11 is 0. The van der Waals surface area contributed by atoms with Gasteiger partial charge in [0.05, 0.1) is 12.1 Å². The number of aliphatic hydroxyl groups excluding tert-OH is 1. The van der Waals surface area contributed by atoms with Gasteiger partial charge in [-0.1, -0.05) is 12.8 Å². The molecule has 0 aliphatic heterocycles.